The van der Waals surface area contributed by atoms with Gasteiger partial charge >= 0.3 is 0 Å². The Morgan fingerprint density at radius 3 is 2.46 bits per heavy atom. The molecule has 0 amide bonds. The van der Waals surface area contributed by atoms with Gasteiger partial charge in [-0.3, -0.25) is 0 Å². The number of rotatable bonds is 0. The molecule has 1 fully saturated rings. The van der Waals surface area contributed by atoms with Crippen LogP contribution in [-0.2, 0) is 0 Å². The van der Waals surface area contributed by atoms with Crippen molar-refractivity contribution in [3.8, 4) is 0 Å². The van der Waals surface area contributed by atoms with Crippen molar-refractivity contribution in [3.05, 3.63) is 12.2 Å². The topological polar surface area (TPSA) is 0 Å². The smallest absolute Gasteiger partial charge is 0.0868 e. The summed E-state index contributed by atoms with van der Waals surface area (Å²) in [6.45, 7) is 0. The van der Waals surface area contributed by atoms with Crippen LogP contribution in [0.3, 0.4) is 0 Å². The third-order valence-corrected chi connectivity index (χ3v) is 5.66. The summed E-state index contributed by atoms with van der Waals surface area (Å²) in [5.74, 6) is 1.76. The molecule has 0 nitrogen and oxygen atoms in total. The van der Waals surface area contributed by atoms with Crippen LogP contribution < -0.4 is 0 Å². The third-order valence-electron chi connectivity index (χ3n) is 3.31. The lowest BCUT2D eigenvalue weighted by atomic mass is 10.1. The van der Waals surface area contributed by atoms with Crippen LogP contribution in [0.5, 0.6) is 0 Å². The van der Waals surface area contributed by atoms with E-state index in [1.807, 2.05) is 0 Å². The minimum absolute atomic E-state index is 0.304. The number of hydrogen-bond acceptors (Lipinski definition) is 0. The first-order valence-electron chi connectivity index (χ1n) is 5.25. The molecule has 0 bridgehead atoms. The van der Waals surface area contributed by atoms with Gasteiger partial charge in [0.05, 0.1) is 3.23 Å². The van der Waals surface area contributed by atoms with Gasteiger partial charge in [-0.1, -0.05) is 50.4 Å². The van der Waals surface area contributed by atoms with Crippen molar-refractivity contribution in [1.82, 2.24) is 0 Å². The second-order valence-corrected chi connectivity index (χ2v) is 7.91. The van der Waals surface area contributed by atoms with Gasteiger partial charge in [-0.25, -0.2) is 0 Å². The molecule has 0 saturated heterocycles. The summed E-state index contributed by atoms with van der Waals surface area (Å²) in [5.41, 5.74) is 0. The normalized spacial score (nSPS) is 40.5. The van der Waals surface area contributed by atoms with E-state index < -0.39 is 0 Å². The van der Waals surface area contributed by atoms with Crippen molar-refractivity contribution < 1.29 is 0 Å². The molecule has 74 valence electrons. The molecule has 0 aromatic carbocycles. The maximum Gasteiger partial charge on any atom is 0.0868 e. The van der Waals surface area contributed by atoms with E-state index in [1.54, 1.807) is 0 Å². The van der Waals surface area contributed by atoms with E-state index in [2.05, 4.69) is 44.0 Å². The van der Waals surface area contributed by atoms with Crippen molar-refractivity contribution in [1.29, 1.82) is 0 Å². The van der Waals surface area contributed by atoms with Crippen molar-refractivity contribution in [3.63, 3.8) is 0 Å². The van der Waals surface area contributed by atoms with Gasteiger partial charge in [0.2, 0.25) is 0 Å². The first-order valence-corrected chi connectivity index (χ1v) is 6.84. The zero-order valence-corrected chi connectivity index (χ0v) is 11.0. The summed E-state index contributed by atoms with van der Waals surface area (Å²) < 4.78 is 0.304. The number of allylic oxidation sites excluding steroid dienone is 2. The summed E-state index contributed by atoms with van der Waals surface area (Å²) in [6.07, 6.45) is 12.8. The van der Waals surface area contributed by atoms with E-state index in [9.17, 15) is 0 Å². The highest BCUT2D eigenvalue weighted by molar-refractivity contribution is 9.25. The quantitative estimate of drug-likeness (QED) is 0.452. The molecule has 0 aliphatic heterocycles. The third kappa shape index (κ3) is 2.20. The fourth-order valence-corrected chi connectivity index (χ4v) is 4.31. The van der Waals surface area contributed by atoms with Gasteiger partial charge in [0.15, 0.2) is 0 Å². The van der Waals surface area contributed by atoms with Crippen LogP contribution in [0.2, 0.25) is 0 Å². The molecule has 2 aliphatic carbocycles. The zero-order valence-electron chi connectivity index (χ0n) is 7.81. The molecule has 0 N–H and O–H groups in total. The lowest BCUT2D eigenvalue weighted by Crippen LogP contribution is -1.88. The Morgan fingerprint density at radius 2 is 1.62 bits per heavy atom. The number of hydrogen-bond donors (Lipinski definition) is 0. The summed E-state index contributed by atoms with van der Waals surface area (Å²) in [4.78, 5) is 0. The van der Waals surface area contributed by atoms with Crippen LogP contribution in [0.25, 0.3) is 0 Å². The summed E-state index contributed by atoms with van der Waals surface area (Å²) >= 11 is 7.58. The van der Waals surface area contributed by atoms with Crippen molar-refractivity contribution >= 4 is 31.9 Å². The Labute approximate surface area is 97.4 Å². The van der Waals surface area contributed by atoms with Gasteiger partial charge in [-0.05, 0) is 43.9 Å². The van der Waals surface area contributed by atoms with E-state index in [4.69, 9.17) is 0 Å². The molecule has 1 saturated carbocycles. The van der Waals surface area contributed by atoms with E-state index >= 15 is 0 Å². The highest BCUT2D eigenvalue weighted by atomic mass is 79.9. The van der Waals surface area contributed by atoms with E-state index in [0.717, 1.165) is 11.8 Å². The molecule has 2 heteroatoms. The minimum atomic E-state index is 0.304. The van der Waals surface area contributed by atoms with Crippen LogP contribution in [-0.4, -0.2) is 3.23 Å². The van der Waals surface area contributed by atoms with Gasteiger partial charge in [0.25, 0.3) is 0 Å². The Morgan fingerprint density at radius 1 is 0.923 bits per heavy atom. The molecule has 2 rings (SSSR count). The second kappa shape index (κ2) is 4.06. The van der Waals surface area contributed by atoms with Gasteiger partial charge in [0.1, 0.15) is 0 Å². The first-order chi connectivity index (χ1) is 6.23. The number of halogens is 2. The molecule has 0 spiro atoms. The van der Waals surface area contributed by atoms with Gasteiger partial charge < -0.3 is 0 Å². The number of alkyl halides is 2. The highest BCUT2D eigenvalue weighted by Gasteiger charge is 2.59. The Balaban J connectivity index is 1.93. The lowest BCUT2D eigenvalue weighted by molar-refractivity contribution is 0.566. The SMILES string of the molecule is BrC1(Br)C2CC/C=C\CCCCC21. The Hall–Kier alpha value is 0.700. The van der Waals surface area contributed by atoms with E-state index in [-0.39, 0.29) is 0 Å². The number of fused-ring (bicyclic) bond motifs is 1. The molecule has 0 radical (unpaired) electrons. The Kier molecular flexibility index (Phi) is 3.19. The maximum atomic E-state index is 3.79. The maximum absolute atomic E-state index is 3.79. The van der Waals surface area contributed by atoms with Crippen LogP contribution in [0.1, 0.15) is 38.5 Å². The molecule has 2 aliphatic rings. The van der Waals surface area contributed by atoms with Gasteiger partial charge in [-0.2, -0.15) is 0 Å². The standard InChI is InChI=1S/C11H16Br2/c12-11(13)9-7-5-3-1-2-4-6-8-10(9)11/h1,3,9-10H,2,4-8H2/b3-1-. The molecular weight excluding hydrogens is 292 g/mol. The predicted molar refractivity (Wildman–Crippen MR) is 64.4 cm³/mol. The summed E-state index contributed by atoms with van der Waals surface area (Å²) in [6, 6.07) is 0. The predicted octanol–water partition coefficient (Wildman–Crippen LogP) is 4.63. The largest absolute Gasteiger partial charge is 0.0885 e. The van der Waals surface area contributed by atoms with Crippen LogP contribution in [0.4, 0.5) is 0 Å². The first kappa shape index (κ1) is 10.2. The van der Waals surface area contributed by atoms with Crippen LogP contribution in [0.15, 0.2) is 12.2 Å². The fourth-order valence-electron chi connectivity index (χ4n) is 2.39. The lowest BCUT2D eigenvalue weighted by Gasteiger charge is -2.00. The minimum Gasteiger partial charge on any atom is -0.0885 e. The van der Waals surface area contributed by atoms with Gasteiger partial charge in [0, 0.05) is 0 Å². The van der Waals surface area contributed by atoms with E-state index in [0.29, 0.717) is 3.23 Å². The van der Waals surface area contributed by atoms with Crippen molar-refractivity contribution in [2.75, 3.05) is 0 Å². The zero-order chi connectivity index (χ0) is 9.31. The molecule has 13 heavy (non-hydrogen) atoms. The highest BCUT2D eigenvalue weighted by Crippen LogP contribution is 2.65. The van der Waals surface area contributed by atoms with Crippen LogP contribution >= 0.6 is 31.9 Å². The van der Waals surface area contributed by atoms with E-state index in [1.165, 1.54) is 38.5 Å². The average Bonchev–Trinajstić information content (AvgIpc) is 2.63. The summed E-state index contributed by atoms with van der Waals surface area (Å²) in [7, 11) is 0. The van der Waals surface area contributed by atoms with Crippen molar-refractivity contribution in [2.24, 2.45) is 11.8 Å². The fraction of sp³-hybridized carbons (Fsp3) is 0.818. The van der Waals surface area contributed by atoms with Crippen LogP contribution in [0, 0.1) is 11.8 Å². The van der Waals surface area contributed by atoms with Crippen molar-refractivity contribution in [2.45, 2.75) is 41.8 Å². The molecular formula is C11H16Br2. The Bertz CT molecular complexity index is 208. The molecule has 2 unspecified atom stereocenters. The summed E-state index contributed by atoms with van der Waals surface area (Å²) in [5, 5.41) is 0. The molecule has 2 atom stereocenters. The van der Waals surface area contributed by atoms with Gasteiger partial charge in [-0.15, -0.1) is 0 Å². The molecule has 0 heterocycles. The average molecular weight is 308 g/mol. The monoisotopic (exact) mass is 306 g/mol. The molecule has 0 aromatic heterocycles. The molecule has 0 aromatic rings. The second-order valence-electron chi connectivity index (χ2n) is 4.22.